The average Bonchev–Trinajstić information content (AvgIpc) is 3.05. The lowest BCUT2D eigenvalue weighted by Crippen LogP contribution is -2.38. The monoisotopic (exact) mass is 255 g/mol. The summed E-state index contributed by atoms with van der Waals surface area (Å²) >= 11 is 0. The SMILES string of the molecule is COC(=O)/C=C/CN(C(=O)OC(C)(C)C)C1CC1. The quantitative estimate of drug-likeness (QED) is 0.570. The van der Waals surface area contributed by atoms with Gasteiger partial charge >= 0.3 is 12.1 Å². The molecule has 102 valence electrons. The number of hydrogen-bond acceptors (Lipinski definition) is 4. The Morgan fingerprint density at radius 2 is 1.94 bits per heavy atom. The van der Waals surface area contributed by atoms with E-state index in [9.17, 15) is 9.59 Å². The fourth-order valence-corrected chi connectivity index (χ4v) is 1.41. The Morgan fingerprint density at radius 3 is 2.39 bits per heavy atom. The van der Waals surface area contributed by atoms with Crippen molar-refractivity contribution in [1.29, 1.82) is 0 Å². The number of nitrogens with zero attached hydrogens (tertiary/aromatic N) is 1. The molecule has 0 saturated heterocycles. The van der Waals surface area contributed by atoms with E-state index in [-0.39, 0.29) is 12.1 Å². The van der Waals surface area contributed by atoms with Gasteiger partial charge in [0.25, 0.3) is 0 Å². The van der Waals surface area contributed by atoms with Gasteiger partial charge in [-0.15, -0.1) is 0 Å². The molecular weight excluding hydrogens is 234 g/mol. The van der Waals surface area contributed by atoms with Crippen molar-refractivity contribution in [2.45, 2.75) is 45.3 Å². The van der Waals surface area contributed by atoms with Gasteiger partial charge in [0.15, 0.2) is 0 Å². The van der Waals surface area contributed by atoms with E-state index in [1.165, 1.54) is 13.2 Å². The predicted octanol–water partition coefficient (Wildman–Crippen LogP) is 2.12. The molecule has 1 saturated carbocycles. The first-order chi connectivity index (χ1) is 8.33. The van der Waals surface area contributed by atoms with Crippen molar-refractivity contribution in [3.8, 4) is 0 Å². The Labute approximate surface area is 108 Å². The number of esters is 1. The number of ether oxygens (including phenoxy) is 2. The first kappa shape index (κ1) is 14.5. The van der Waals surface area contributed by atoms with E-state index < -0.39 is 11.6 Å². The van der Waals surface area contributed by atoms with E-state index in [1.807, 2.05) is 20.8 Å². The lowest BCUT2D eigenvalue weighted by atomic mass is 10.2. The van der Waals surface area contributed by atoms with Crippen LogP contribution in [0.5, 0.6) is 0 Å². The molecule has 0 atom stereocenters. The lowest BCUT2D eigenvalue weighted by molar-refractivity contribution is -0.134. The number of hydrogen-bond donors (Lipinski definition) is 0. The van der Waals surface area contributed by atoms with Crippen LogP contribution in [-0.2, 0) is 14.3 Å². The van der Waals surface area contributed by atoms with Crippen molar-refractivity contribution >= 4 is 12.1 Å². The second-order valence-corrected chi connectivity index (χ2v) is 5.29. The number of methoxy groups -OCH3 is 1. The summed E-state index contributed by atoms with van der Waals surface area (Å²) in [6, 6.07) is 0.238. The van der Waals surface area contributed by atoms with E-state index in [1.54, 1.807) is 11.0 Å². The third kappa shape index (κ3) is 5.21. The van der Waals surface area contributed by atoms with Crippen molar-refractivity contribution in [3.05, 3.63) is 12.2 Å². The summed E-state index contributed by atoms with van der Waals surface area (Å²) in [6.07, 6.45) is 4.59. The molecular formula is C13H21NO4. The third-order valence-electron chi connectivity index (χ3n) is 2.37. The van der Waals surface area contributed by atoms with Gasteiger partial charge in [0.1, 0.15) is 5.60 Å². The summed E-state index contributed by atoms with van der Waals surface area (Å²) in [6.45, 7) is 5.87. The Hall–Kier alpha value is -1.52. The molecule has 0 bridgehead atoms. The fraction of sp³-hybridized carbons (Fsp3) is 0.692. The van der Waals surface area contributed by atoms with Gasteiger partial charge in [-0.25, -0.2) is 9.59 Å². The summed E-state index contributed by atoms with van der Waals surface area (Å²) in [5.74, 6) is -0.421. The van der Waals surface area contributed by atoms with E-state index in [0.717, 1.165) is 12.8 Å². The average molecular weight is 255 g/mol. The van der Waals surface area contributed by atoms with E-state index in [4.69, 9.17) is 4.74 Å². The predicted molar refractivity (Wildman–Crippen MR) is 67.1 cm³/mol. The largest absolute Gasteiger partial charge is 0.466 e. The van der Waals surface area contributed by atoms with Crippen LogP contribution < -0.4 is 0 Å². The van der Waals surface area contributed by atoms with Crippen molar-refractivity contribution in [2.24, 2.45) is 0 Å². The Balaban J connectivity index is 2.52. The standard InChI is InChI=1S/C13H21NO4/c1-13(2,3)18-12(16)14(10-7-8-10)9-5-6-11(15)17-4/h5-6,10H,7-9H2,1-4H3/b6-5+. The summed E-state index contributed by atoms with van der Waals surface area (Å²) in [4.78, 5) is 24.5. The third-order valence-corrected chi connectivity index (χ3v) is 2.37. The molecule has 0 aromatic rings. The first-order valence-corrected chi connectivity index (χ1v) is 6.07. The summed E-state index contributed by atoms with van der Waals surface area (Å²) < 4.78 is 9.81. The number of rotatable bonds is 4. The van der Waals surface area contributed by atoms with Crippen LogP contribution in [-0.4, -0.2) is 42.3 Å². The maximum absolute atomic E-state index is 11.9. The number of carbonyl (C=O) groups is 2. The van der Waals surface area contributed by atoms with Gasteiger partial charge in [-0.05, 0) is 33.6 Å². The van der Waals surface area contributed by atoms with Gasteiger partial charge in [0.2, 0.25) is 0 Å². The number of amides is 1. The van der Waals surface area contributed by atoms with Crippen LogP contribution in [0.4, 0.5) is 4.79 Å². The van der Waals surface area contributed by atoms with Crippen LogP contribution in [0.2, 0.25) is 0 Å². The topological polar surface area (TPSA) is 55.8 Å². The zero-order valence-corrected chi connectivity index (χ0v) is 11.4. The first-order valence-electron chi connectivity index (χ1n) is 6.07. The Morgan fingerprint density at radius 1 is 1.33 bits per heavy atom. The van der Waals surface area contributed by atoms with E-state index in [2.05, 4.69) is 4.74 Å². The normalized spacial score (nSPS) is 15.6. The van der Waals surface area contributed by atoms with Gasteiger partial charge in [-0.1, -0.05) is 6.08 Å². The molecule has 1 aliphatic carbocycles. The zero-order valence-electron chi connectivity index (χ0n) is 11.4. The zero-order chi connectivity index (χ0) is 13.8. The molecule has 0 heterocycles. The molecule has 0 N–H and O–H groups in total. The molecule has 5 heteroatoms. The molecule has 0 unspecified atom stereocenters. The van der Waals surface area contributed by atoms with Crippen LogP contribution in [0.3, 0.4) is 0 Å². The molecule has 0 aromatic carbocycles. The Bertz CT molecular complexity index is 339. The second kappa shape index (κ2) is 5.89. The highest BCUT2D eigenvalue weighted by atomic mass is 16.6. The maximum Gasteiger partial charge on any atom is 0.410 e. The van der Waals surface area contributed by atoms with Crippen LogP contribution in [0.1, 0.15) is 33.6 Å². The highest BCUT2D eigenvalue weighted by molar-refractivity contribution is 5.81. The van der Waals surface area contributed by atoms with Gasteiger partial charge in [0, 0.05) is 18.7 Å². The van der Waals surface area contributed by atoms with Crippen molar-refractivity contribution in [3.63, 3.8) is 0 Å². The van der Waals surface area contributed by atoms with Crippen LogP contribution in [0.25, 0.3) is 0 Å². The van der Waals surface area contributed by atoms with Gasteiger partial charge < -0.3 is 14.4 Å². The van der Waals surface area contributed by atoms with Gasteiger partial charge in [0.05, 0.1) is 7.11 Å². The summed E-state index contributed by atoms with van der Waals surface area (Å²) in [7, 11) is 1.32. The molecule has 0 aliphatic heterocycles. The Kier molecular flexibility index (Phi) is 4.76. The molecule has 0 radical (unpaired) electrons. The molecule has 1 fully saturated rings. The molecule has 1 rings (SSSR count). The fourth-order valence-electron chi connectivity index (χ4n) is 1.41. The highest BCUT2D eigenvalue weighted by Gasteiger charge is 2.34. The minimum atomic E-state index is -0.504. The molecule has 0 spiro atoms. The van der Waals surface area contributed by atoms with E-state index in [0.29, 0.717) is 6.54 Å². The molecule has 0 aromatic heterocycles. The van der Waals surface area contributed by atoms with Crippen molar-refractivity contribution in [2.75, 3.05) is 13.7 Å². The van der Waals surface area contributed by atoms with Crippen LogP contribution >= 0.6 is 0 Å². The van der Waals surface area contributed by atoms with E-state index >= 15 is 0 Å². The molecule has 1 aliphatic rings. The second-order valence-electron chi connectivity index (χ2n) is 5.29. The minimum absolute atomic E-state index is 0.238. The van der Waals surface area contributed by atoms with Crippen molar-refractivity contribution in [1.82, 2.24) is 4.90 Å². The smallest absolute Gasteiger partial charge is 0.410 e. The van der Waals surface area contributed by atoms with Gasteiger partial charge in [-0.2, -0.15) is 0 Å². The highest BCUT2D eigenvalue weighted by Crippen LogP contribution is 2.28. The minimum Gasteiger partial charge on any atom is -0.466 e. The van der Waals surface area contributed by atoms with Gasteiger partial charge in [-0.3, -0.25) is 0 Å². The molecule has 1 amide bonds. The maximum atomic E-state index is 11.9. The molecule has 18 heavy (non-hydrogen) atoms. The summed E-state index contributed by atoms with van der Waals surface area (Å²) in [5.41, 5.74) is -0.504. The summed E-state index contributed by atoms with van der Waals surface area (Å²) in [5, 5.41) is 0. The lowest BCUT2D eigenvalue weighted by Gasteiger charge is -2.26. The number of carbonyl (C=O) groups excluding carboxylic acids is 2. The van der Waals surface area contributed by atoms with Crippen LogP contribution in [0.15, 0.2) is 12.2 Å². The molecule has 5 nitrogen and oxygen atoms in total. The van der Waals surface area contributed by atoms with Crippen LogP contribution in [0, 0.1) is 0 Å². The van der Waals surface area contributed by atoms with Crippen molar-refractivity contribution < 1.29 is 19.1 Å².